The fraction of sp³-hybridized carbons (Fsp3) is 0.120. The van der Waals surface area contributed by atoms with Crippen LogP contribution in [-0.2, 0) is 9.59 Å². The molecule has 2 amide bonds. The van der Waals surface area contributed by atoms with Gasteiger partial charge in [0, 0.05) is 5.69 Å². The van der Waals surface area contributed by atoms with Crippen molar-refractivity contribution in [2.75, 3.05) is 10.2 Å². The van der Waals surface area contributed by atoms with Crippen molar-refractivity contribution in [3.05, 3.63) is 102 Å². The topological polar surface area (TPSA) is 49.4 Å². The zero-order valence-electron chi connectivity index (χ0n) is 16.7. The predicted octanol–water partition coefficient (Wildman–Crippen LogP) is 5.35. The van der Waals surface area contributed by atoms with Crippen LogP contribution in [0.3, 0.4) is 0 Å². The number of nitrogens with zero attached hydrogens (tertiary/aromatic N) is 1. The van der Waals surface area contributed by atoms with Crippen LogP contribution in [0.15, 0.2) is 84.6 Å². The second kappa shape index (κ2) is 7.95. The second-order valence-electron chi connectivity index (χ2n) is 7.44. The number of carbonyl (C=O) groups is 2. The summed E-state index contributed by atoms with van der Waals surface area (Å²) in [4.78, 5) is 27.8. The molecule has 3 aromatic rings. The molecule has 150 valence electrons. The fourth-order valence-corrected chi connectivity index (χ4v) is 3.44. The van der Waals surface area contributed by atoms with Crippen LogP contribution in [0.5, 0.6) is 0 Å². The Labute approximate surface area is 174 Å². The number of hydrogen-bond acceptors (Lipinski definition) is 3. The van der Waals surface area contributed by atoms with Crippen molar-refractivity contribution in [2.24, 2.45) is 0 Å². The lowest BCUT2D eigenvalue weighted by atomic mass is 10.0. The summed E-state index contributed by atoms with van der Waals surface area (Å²) in [5, 5.41) is 3.03. The monoisotopic (exact) mass is 400 g/mol. The molecule has 0 radical (unpaired) electrons. The van der Waals surface area contributed by atoms with Crippen molar-refractivity contribution in [2.45, 2.75) is 19.8 Å². The highest BCUT2D eigenvalue weighted by Gasteiger charge is 2.40. The third-order valence-electron chi connectivity index (χ3n) is 5.08. The van der Waals surface area contributed by atoms with E-state index in [1.807, 2.05) is 30.3 Å². The van der Waals surface area contributed by atoms with Gasteiger partial charge in [-0.2, -0.15) is 0 Å². The Bertz CT molecular complexity index is 1120. The molecule has 0 bridgehead atoms. The largest absolute Gasteiger partial charge is 0.350 e. The molecule has 30 heavy (non-hydrogen) atoms. The molecule has 0 saturated heterocycles. The summed E-state index contributed by atoms with van der Waals surface area (Å²) in [6.45, 7) is 4.17. The van der Waals surface area contributed by atoms with Gasteiger partial charge in [0.15, 0.2) is 0 Å². The molecule has 0 aromatic heterocycles. The standard InChI is InChI=1S/C25H21FN2O2/c1-16(2)17-8-14-21(15-9-17)28-24(29)22(18-6-4-3-5-7-18)23(25(28)30)27-20-12-10-19(26)11-13-20/h3-16,27H,1-2H3. The first kappa shape index (κ1) is 19.6. The van der Waals surface area contributed by atoms with Crippen LogP contribution in [0.4, 0.5) is 15.8 Å². The average Bonchev–Trinajstić information content (AvgIpc) is 3.00. The smallest absolute Gasteiger partial charge is 0.282 e. The summed E-state index contributed by atoms with van der Waals surface area (Å²) in [5.41, 5.74) is 3.26. The van der Waals surface area contributed by atoms with Crippen LogP contribution in [0.25, 0.3) is 5.57 Å². The van der Waals surface area contributed by atoms with Gasteiger partial charge < -0.3 is 5.32 Å². The molecular formula is C25H21FN2O2. The first-order chi connectivity index (χ1) is 14.5. The van der Waals surface area contributed by atoms with Gasteiger partial charge in [0.1, 0.15) is 11.5 Å². The molecule has 0 aliphatic carbocycles. The van der Waals surface area contributed by atoms with Crippen molar-refractivity contribution >= 4 is 28.8 Å². The van der Waals surface area contributed by atoms with Gasteiger partial charge in [0.25, 0.3) is 11.8 Å². The molecule has 0 unspecified atom stereocenters. The lowest BCUT2D eigenvalue weighted by Gasteiger charge is -2.16. The van der Waals surface area contributed by atoms with Crippen LogP contribution in [0, 0.1) is 5.82 Å². The van der Waals surface area contributed by atoms with Crippen LogP contribution >= 0.6 is 0 Å². The molecule has 0 saturated carbocycles. The minimum absolute atomic E-state index is 0.172. The van der Waals surface area contributed by atoms with Crippen molar-refractivity contribution in [3.63, 3.8) is 0 Å². The van der Waals surface area contributed by atoms with Gasteiger partial charge in [-0.1, -0.05) is 56.3 Å². The zero-order chi connectivity index (χ0) is 21.3. The highest BCUT2D eigenvalue weighted by atomic mass is 19.1. The maximum Gasteiger partial charge on any atom is 0.282 e. The number of benzene rings is 3. The summed E-state index contributed by atoms with van der Waals surface area (Å²) in [7, 11) is 0. The van der Waals surface area contributed by atoms with E-state index in [9.17, 15) is 14.0 Å². The van der Waals surface area contributed by atoms with E-state index in [0.29, 0.717) is 22.9 Å². The Balaban J connectivity index is 1.76. The Hall–Kier alpha value is -3.73. The molecule has 1 aliphatic heterocycles. The van der Waals surface area contributed by atoms with E-state index < -0.39 is 11.8 Å². The Kier molecular flexibility index (Phi) is 5.19. The Morgan fingerprint density at radius 2 is 1.43 bits per heavy atom. The van der Waals surface area contributed by atoms with Gasteiger partial charge in [-0.3, -0.25) is 9.59 Å². The van der Waals surface area contributed by atoms with Crippen LogP contribution in [0.2, 0.25) is 0 Å². The number of anilines is 2. The van der Waals surface area contributed by atoms with Crippen LogP contribution in [-0.4, -0.2) is 11.8 Å². The number of hydrogen-bond donors (Lipinski definition) is 1. The number of nitrogens with one attached hydrogen (secondary N) is 1. The minimum Gasteiger partial charge on any atom is -0.350 e. The molecule has 1 aliphatic rings. The highest BCUT2D eigenvalue weighted by Crippen LogP contribution is 2.34. The van der Waals surface area contributed by atoms with E-state index in [1.54, 1.807) is 24.3 Å². The number of imide groups is 1. The third-order valence-corrected chi connectivity index (χ3v) is 5.08. The molecule has 0 atom stereocenters. The van der Waals surface area contributed by atoms with E-state index >= 15 is 0 Å². The SMILES string of the molecule is CC(C)c1ccc(N2C(=O)C(Nc3ccc(F)cc3)=C(c3ccccc3)C2=O)cc1. The number of amides is 2. The first-order valence-electron chi connectivity index (χ1n) is 9.76. The molecule has 4 nitrogen and oxygen atoms in total. The number of carbonyl (C=O) groups excluding carboxylic acids is 2. The van der Waals surface area contributed by atoms with Crippen LogP contribution in [0.1, 0.15) is 30.9 Å². The summed E-state index contributed by atoms with van der Waals surface area (Å²) in [6, 6.07) is 22.1. The van der Waals surface area contributed by atoms with Crippen molar-refractivity contribution in [1.82, 2.24) is 0 Å². The summed E-state index contributed by atoms with van der Waals surface area (Å²) < 4.78 is 13.3. The van der Waals surface area contributed by atoms with Gasteiger partial charge in [0.2, 0.25) is 0 Å². The summed E-state index contributed by atoms with van der Waals surface area (Å²) in [6.07, 6.45) is 0. The lowest BCUT2D eigenvalue weighted by Crippen LogP contribution is -2.32. The highest BCUT2D eigenvalue weighted by molar-refractivity contribution is 6.46. The first-order valence-corrected chi connectivity index (χ1v) is 9.76. The molecule has 0 spiro atoms. The maximum absolute atomic E-state index is 13.3. The third kappa shape index (κ3) is 3.62. The van der Waals surface area contributed by atoms with Gasteiger partial charge in [0.05, 0.1) is 11.3 Å². The van der Waals surface area contributed by atoms with Gasteiger partial charge >= 0.3 is 0 Å². The van der Waals surface area contributed by atoms with Crippen molar-refractivity contribution in [1.29, 1.82) is 0 Å². The predicted molar refractivity (Wildman–Crippen MR) is 116 cm³/mol. The average molecular weight is 400 g/mol. The Morgan fingerprint density at radius 3 is 2.03 bits per heavy atom. The Morgan fingerprint density at radius 1 is 0.800 bits per heavy atom. The number of rotatable bonds is 5. The van der Waals surface area contributed by atoms with Gasteiger partial charge in [-0.15, -0.1) is 0 Å². The van der Waals surface area contributed by atoms with E-state index in [0.717, 1.165) is 5.56 Å². The molecule has 0 fully saturated rings. The maximum atomic E-state index is 13.3. The molecular weight excluding hydrogens is 379 g/mol. The van der Waals surface area contributed by atoms with Gasteiger partial charge in [-0.25, -0.2) is 9.29 Å². The summed E-state index contributed by atoms with van der Waals surface area (Å²) in [5.74, 6) is -0.871. The minimum atomic E-state index is -0.444. The molecule has 3 aromatic carbocycles. The van der Waals surface area contributed by atoms with Crippen molar-refractivity contribution in [3.8, 4) is 0 Å². The van der Waals surface area contributed by atoms with Crippen LogP contribution < -0.4 is 10.2 Å². The number of halogens is 1. The van der Waals surface area contributed by atoms with E-state index in [1.165, 1.54) is 29.2 Å². The van der Waals surface area contributed by atoms with Gasteiger partial charge in [-0.05, 0) is 53.4 Å². The molecule has 1 N–H and O–H groups in total. The normalized spacial score (nSPS) is 14.1. The fourth-order valence-electron chi connectivity index (χ4n) is 3.44. The molecule has 5 heteroatoms. The van der Waals surface area contributed by atoms with E-state index in [-0.39, 0.29) is 17.1 Å². The zero-order valence-corrected chi connectivity index (χ0v) is 16.7. The molecule has 4 rings (SSSR count). The molecule has 1 heterocycles. The second-order valence-corrected chi connectivity index (χ2v) is 7.44. The lowest BCUT2D eigenvalue weighted by molar-refractivity contribution is -0.120. The van der Waals surface area contributed by atoms with E-state index in [4.69, 9.17) is 0 Å². The van der Waals surface area contributed by atoms with E-state index in [2.05, 4.69) is 19.2 Å². The quantitative estimate of drug-likeness (QED) is 0.588. The summed E-state index contributed by atoms with van der Waals surface area (Å²) >= 11 is 0. The van der Waals surface area contributed by atoms with Crippen molar-refractivity contribution < 1.29 is 14.0 Å².